The van der Waals surface area contributed by atoms with Crippen LogP contribution in [0.1, 0.15) is 51.9 Å². The van der Waals surface area contributed by atoms with Crippen LogP contribution in [0.5, 0.6) is 0 Å². The summed E-state index contributed by atoms with van der Waals surface area (Å²) in [6.07, 6.45) is 8.55. The van der Waals surface area contributed by atoms with E-state index in [9.17, 15) is 9.59 Å². The quantitative estimate of drug-likeness (QED) is 0.620. The van der Waals surface area contributed by atoms with Crippen molar-refractivity contribution in [3.05, 3.63) is 12.3 Å². The van der Waals surface area contributed by atoms with Gasteiger partial charge in [0.2, 0.25) is 11.8 Å². The lowest BCUT2D eigenvalue weighted by atomic mass is 10.0. The number of ether oxygens (including phenoxy) is 1. The summed E-state index contributed by atoms with van der Waals surface area (Å²) in [6.45, 7) is 3.74. The van der Waals surface area contributed by atoms with Crippen molar-refractivity contribution in [1.29, 1.82) is 0 Å². The van der Waals surface area contributed by atoms with Gasteiger partial charge in [0.1, 0.15) is 6.26 Å². The standard InChI is InChI=1S/C18H29N3O4/c1-2-24-12-5-11-21(14-17(22)19-16-10-13-25-20-16)18(23)9-8-15-6-3-4-7-15/h10,13,15H,2-9,11-12,14H2,1H3,(H,19,20,22). The number of nitrogens with one attached hydrogen (secondary N) is 1. The molecule has 7 nitrogen and oxygen atoms in total. The molecular weight excluding hydrogens is 322 g/mol. The zero-order valence-corrected chi connectivity index (χ0v) is 15.0. The monoisotopic (exact) mass is 351 g/mol. The van der Waals surface area contributed by atoms with Crippen LogP contribution < -0.4 is 5.32 Å². The second kappa shape index (κ2) is 10.9. The summed E-state index contributed by atoms with van der Waals surface area (Å²) in [5, 5.41) is 6.29. The van der Waals surface area contributed by atoms with Gasteiger partial charge in [0.05, 0.1) is 6.54 Å². The summed E-state index contributed by atoms with van der Waals surface area (Å²) in [5.41, 5.74) is 0. The maximum atomic E-state index is 12.6. The molecule has 1 fully saturated rings. The van der Waals surface area contributed by atoms with E-state index in [1.54, 1.807) is 11.0 Å². The molecule has 1 aliphatic carbocycles. The highest BCUT2D eigenvalue weighted by Gasteiger charge is 2.21. The highest BCUT2D eigenvalue weighted by atomic mass is 16.5. The van der Waals surface area contributed by atoms with Crippen molar-refractivity contribution in [3.63, 3.8) is 0 Å². The van der Waals surface area contributed by atoms with Crippen LogP contribution >= 0.6 is 0 Å². The largest absolute Gasteiger partial charge is 0.382 e. The van der Waals surface area contributed by atoms with Gasteiger partial charge in [-0.3, -0.25) is 9.59 Å². The van der Waals surface area contributed by atoms with Gasteiger partial charge < -0.3 is 19.5 Å². The van der Waals surface area contributed by atoms with E-state index in [-0.39, 0.29) is 18.4 Å². The second-order valence-corrected chi connectivity index (χ2v) is 6.49. The van der Waals surface area contributed by atoms with E-state index in [1.807, 2.05) is 6.92 Å². The molecule has 0 unspecified atom stereocenters. The number of rotatable bonds is 11. The first kappa shape index (κ1) is 19.4. The van der Waals surface area contributed by atoms with Crippen LogP contribution in [0.4, 0.5) is 5.82 Å². The van der Waals surface area contributed by atoms with Gasteiger partial charge in [-0.1, -0.05) is 30.8 Å². The summed E-state index contributed by atoms with van der Waals surface area (Å²) >= 11 is 0. The molecule has 0 saturated heterocycles. The average Bonchev–Trinajstić information content (AvgIpc) is 3.29. The van der Waals surface area contributed by atoms with E-state index in [1.165, 1.54) is 31.9 Å². The number of aromatic nitrogens is 1. The molecular formula is C18H29N3O4. The topological polar surface area (TPSA) is 84.7 Å². The predicted molar refractivity (Wildman–Crippen MR) is 94.0 cm³/mol. The zero-order chi connectivity index (χ0) is 17.9. The van der Waals surface area contributed by atoms with Crippen molar-refractivity contribution in [2.45, 2.75) is 51.9 Å². The fourth-order valence-corrected chi connectivity index (χ4v) is 3.21. The van der Waals surface area contributed by atoms with Crippen molar-refractivity contribution in [1.82, 2.24) is 10.1 Å². The van der Waals surface area contributed by atoms with Gasteiger partial charge in [0.25, 0.3) is 0 Å². The van der Waals surface area contributed by atoms with Crippen molar-refractivity contribution in [3.8, 4) is 0 Å². The van der Waals surface area contributed by atoms with Crippen molar-refractivity contribution >= 4 is 17.6 Å². The molecule has 1 aromatic heterocycles. The summed E-state index contributed by atoms with van der Waals surface area (Å²) in [5.74, 6) is 0.800. The number of nitrogens with zero attached hydrogens (tertiary/aromatic N) is 2. The number of hydrogen-bond donors (Lipinski definition) is 1. The van der Waals surface area contributed by atoms with E-state index < -0.39 is 0 Å². The minimum Gasteiger partial charge on any atom is -0.382 e. The zero-order valence-electron chi connectivity index (χ0n) is 15.0. The summed E-state index contributed by atoms with van der Waals surface area (Å²) in [6, 6.07) is 1.57. The lowest BCUT2D eigenvalue weighted by Gasteiger charge is -2.22. The Balaban J connectivity index is 1.81. The van der Waals surface area contributed by atoms with E-state index in [4.69, 9.17) is 9.26 Å². The normalized spacial score (nSPS) is 14.6. The van der Waals surface area contributed by atoms with Crippen LogP contribution in [-0.2, 0) is 14.3 Å². The Morgan fingerprint density at radius 2 is 2.20 bits per heavy atom. The summed E-state index contributed by atoms with van der Waals surface area (Å²) < 4.78 is 10.0. The highest BCUT2D eigenvalue weighted by Crippen LogP contribution is 2.28. The molecule has 7 heteroatoms. The maximum Gasteiger partial charge on any atom is 0.245 e. The molecule has 0 atom stereocenters. The van der Waals surface area contributed by atoms with Crippen LogP contribution in [0.15, 0.2) is 16.9 Å². The third kappa shape index (κ3) is 7.25. The molecule has 1 N–H and O–H groups in total. The van der Waals surface area contributed by atoms with Gasteiger partial charge in [0, 0.05) is 32.2 Å². The first-order chi connectivity index (χ1) is 12.2. The van der Waals surface area contributed by atoms with Crippen molar-refractivity contribution in [2.24, 2.45) is 5.92 Å². The lowest BCUT2D eigenvalue weighted by molar-refractivity contribution is -0.135. The van der Waals surface area contributed by atoms with E-state index >= 15 is 0 Å². The van der Waals surface area contributed by atoms with Gasteiger partial charge in [-0.2, -0.15) is 0 Å². The summed E-state index contributed by atoms with van der Waals surface area (Å²) in [4.78, 5) is 26.4. The molecule has 0 aromatic carbocycles. The Bertz CT molecular complexity index is 512. The third-order valence-electron chi connectivity index (χ3n) is 4.55. The van der Waals surface area contributed by atoms with Crippen LogP contribution in [0.25, 0.3) is 0 Å². The van der Waals surface area contributed by atoms with E-state index in [0.717, 1.165) is 12.8 Å². The summed E-state index contributed by atoms with van der Waals surface area (Å²) in [7, 11) is 0. The van der Waals surface area contributed by atoms with Gasteiger partial charge in [-0.25, -0.2) is 0 Å². The second-order valence-electron chi connectivity index (χ2n) is 6.49. The molecule has 1 heterocycles. The Hall–Kier alpha value is -1.89. The number of hydrogen-bond acceptors (Lipinski definition) is 5. The van der Waals surface area contributed by atoms with Crippen molar-refractivity contribution in [2.75, 3.05) is 31.6 Å². The molecule has 0 bridgehead atoms. The van der Waals surface area contributed by atoms with E-state index in [2.05, 4.69) is 10.5 Å². The van der Waals surface area contributed by atoms with Gasteiger partial charge >= 0.3 is 0 Å². The maximum absolute atomic E-state index is 12.6. The van der Waals surface area contributed by atoms with Gasteiger partial charge in [-0.05, 0) is 25.7 Å². The molecule has 0 aliphatic heterocycles. The molecule has 25 heavy (non-hydrogen) atoms. The molecule has 1 saturated carbocycles. The van der Waals surface area contributed by atoms with Gasteiger partial charge in [-0.15, -0.1) is 0 Å². The first-order valence-electron chi connectivity index (χ1n) is 9.24. The molecule has 140 valence electrons. The Morgan fingerprint density at radius 3 is 2.88 bits per heavy atom. The Labute approximate surface area is 149 Å². The van der Waals surface area contributed by atoms with E-state index in [0.29, 0.717) is 37.9 Å². The lowest BCUT2D eigenvalue weighted by Crippen LogP contribution is -2.39. The van der Waals surface area contributed by atoms with Crippen LogP contribution in [0.3, 0.4) is 0 Å². The van der Waals surface area contributed by atoms with Crippen LogP contribution in [0.2, 0.25) is 0 Å². The smallest absolute Gasteiger partial charge is 0.245 e. The number of carbonyl (C=O) groups is 2. The Kier molecular flexibility index (Phi) is 8.45. The highest BCUT2D eigenvalue weighted by molar-refractivity contribution is 5.93. The number of amides is 2. The third-order valence-corrected chi connectivity index (χ3v) is 4.55. The van der Waals surface area contributed by atoms with Gasteiger partial charge in [0.15, 0.2) is 5.82 Å². The minimum atomic E-state index is -0.264. The predicted octanol–water partition coefficient (Wildman–Crippen LogP) is 2.84. The first-order valence-corrected chi connectivity index (χ1v) is 9.24. The minimum absolute atomic E-state index is 0.0302. The molecule has 1 aliphatic rings. The number of carbonyl (C=O) groups excluding carboxylic acids is 2. The molecule has 2 rings (SSSR count). The number of anilines is 1. The molecule has 0 radical (unpaired) electrons. The fourth-order valence-electron chi connectivity index (χ4n) is 3.21. The molecule has 1 aromatic rings. The van der Waals surface area contributed by atoms with Crippen LogP contribution in [0, 0.1) is 5.92 Å². The van der Waals surface area contributed by atoms with Crippen LogP contribution in [-0.4, -0.2) is 48.2 Å². The average molecular weight is 351 g/mol. The fraction of sp³-hybridized carbons (Fsp3) is 0.722. The molecule has 0 spiro atoms. The molecule has 2 amide bonds. The SMILES string of the molecule is CCOCCCN(CC(=O)Nc1ccon1)C(=O)CCC1CCCC1. The Morgan fingerprint density at radius 1 is 1.40 bits per heavy atom. The van der Waals surface area contributed by atoms with Crippen molar-refractivity contribution < 1.29 is 18.8 Å².